The summed E-state index contributed by atoms with van der Waals surface area (Å²) in [7, 11) is -3.43. The molecule has 4 atom stereocenters. The van der Waals surface area contributed by atoms with Crippen LogP contribution in [0.15, 0.2) is 0 Å². The van der Waals surface area contributed by atoms with Crippen LogP contribution in [-0.2, 0) is 14.3 Å². The molecule has 2 fully saturated rings. The van der Waals surface area contributed by atoms with E-state index in [1.54, 1.807) is 6.92 Å². The Hall–Kier alpha value is -0.130. The Morgan fingerprint density at radius 2 is 2.00 bits per heavy atom. The van der Waals surface area contributed by atoms with Gasteiger partial charge in [-0.3, -0.25) is 4.18 Å². The smallest absolute Gasteiger partial charge is 0.270 e. The highest BCUT2D eigenvalue weighted by Gasteiger charge is 2.44. The molecule has 2 aliphatic rings. The zero-order chi connectivity index (χ0) is 10.3. The Labute approximate surface area is 84.4 Å². The van der Waals surface area contributed by atoms with Crippen molar-refractivity contribution >= 4 is 10.1 Å². The standard InChI is InChI=1S/C9H16O4S/c1-6-4-7-2-3-8(10)5-9(7)14(11,12)13-6/h6-10H,2-5H2,1H3/t6-,7+,8-,9-/m1/s1. The molecule has 2 rings (SSSR count). The van der Waals surface area contributed by atoms with Crippen LogP contribution in [0.2, 0.25) is 0 Å². The van der Waals surface area contributed by atoms with Crippen LogP contribution >= 0.6 is 0 Å². The Balaban J connectivity index is 2.21. The molecule has 0 bridgehead atoms. The van der Waals surface area contributed by atoms with Gasteiger partial charge in [0.2, 0.25) is 0 Å². The largest absolute Gasteiger partial charge is 0.393 e. The van der Waals surface area contributed by atoms with Crippen LogP contribution in [0.5, 0.6) is 0 Å². The van der Waals surface area contributed by atoms with Crippen molar-refractivity contribution in [3.63, 3.8) is 0 Å². The maximum atomic E-state index is 11.6. The highest BCUT2D eigenvalue weighted by atomic mass is 32.2. The molecule has 5 heteroatoms. The molecule has 14 heavy (non-hydrogen) atoms. The van der Waals surface area contributed by atoms with E-state index in [4.69, 9.17) is 4.18 Å². The van der Waals surface area contributed by atoms with Crippen molar-refractivity contribution in [1.82, 2.24) is 0 Å². The van der Waals surface area contributed by atoms with Gasteiger partial charge in [0.15, 0.2) is 0 Å². The minimum absolute atomic E-state index is 0.187. The second-order valence-corrected chi connectivity index (χ2v) is 6.18. The number of hydrogen-bond donors (Lipinski definition) is 1. The van der Waals surface area contributed by atoms with Crippen LogP contribution < -0.4 is 0 Å². The molecular weight excluding hydrogens is 204 g/mol. The van der Waals surface area contributed by atoms with Crippen LogP contribution in [0.4, 0.5) is 0 Å². The van der Waals surface area contributed by atoms with Gasteiger partial charge >= 0.3 is 0 Å². The predicted molar refractivity (Wildman–Crippen MR) is 51.2 cm³/mol. The summed E-state index contributed by atoms with van der Waals surface area (Å²) in [6.07, 6.45) is 2.01. The SMILES string of the molecule is C[C@@H]1C[C@@H]2CC[C@@H](O)C[C@H]2S(=O)(=O)O1. The monoisotopic (exact) mass is 220 g/mol. The fourth-order valence-corrected chi connectivity index (χ4v) is 4.42. The molecule has 0 unspecified atom stereocenters. The minimum Gasteiger partial charge on any atom is -0.393 e. The summed E-state index contributed by atoms with van der Waals surface area (Å²) in [4.78, 5) is 0. The van der Waals surface area contributed by atoms with Gasteiger partial charge in [0.1, 0.15) is 0 Å². The van der Waals surface area contributed by atoms with Gasteiger partial charge in [0.25, 0.3) is 10.1 Å². The molecule has 0 aromatic carbocycles. The third-order valence-corrected chi connectivity index (χ3v) is 5.12. The minimum atomic E-state index is -3.43. The Bertz CT molecular complexity index is 311. The summed E-state index contributed by atoms with van der Waals surface area (Å²) >= 11 is 0. The summed E-state index contributed by atoms with van der Waals surface area (Å²) in [5, 5.41) is 8.96. The molecule has 1 aliphatic heterocycles. The van der Waals surface area contributed by atoms with Gasteiger partial charge in [-0.2, -0.15) is 8.42 Å². The van der Waals surface area contributed by atoms with E-state index in [9.17, 15) is 13.5 Å². The first-order chi connectivity index (χ1) is 6.49. The number of rotatable bonds is 0. The molecule has 0 spiro atoms. The van der Waals surface area contributed by atoms with Crippen molar-refractivity contribution in [2.24, 2.45) is 5.92 Å². The maximum Gasteiger partial charge on any atom is 0.270 e. The van der Waals surface area contributed by atoms with Crippen molar-refractivity contribution < 1.29 is 17.7 Å². The lowest BCUT2D eigenvalue weighted by atomic mass is 9.83. The third-order valence-electron chi connectivity index (χ3n) is 3.20. The van der Waals surface area contributed by atoms with E-state index in [1.165, 1.54) is 0 Å². The first-order valence-electron chi connectivity index (χ1n) is 5.09. The normalized spacial score (nSPS) is 47.0. The summed E-state index contributed by atoms with van der Waals surface area (Å²) in [6, 6.07) is 0. The molecule has 1 saturated carbocycles. The first-order valence-corrected chi connectivity index (χ1v) is 6.56. The highest BCUT2D eigenvalue weighted by Crippen LogP contribution is 2.38. The molecule has 4 nitrogen and oxygen atoms in total. The fraction of sp³-hybridized carbons (Fsp3) is 1.00. The van der Waals surface area contributed by atoms with E-state index in [1.807, 2.05) is 0 Å². The molecule has 1 aliphatic carbocycles. The lowest BCUT2D eigenvalue weighted by molar-refractivity contribution is 0.0714. The van der Waals surface area contributed by atoms with E-state index in [-0.39, 0.29) is 12.0 Å². The lowest BCUT2D eigenvalue weighted by Gasteiger charge is -2.38. The van der Waals surface area contributed by atoms with Crippen LogP contribution in [0.3, 0.4) is 0 Å². The molecule has 1 heterocycles. The van der Waals surface area contributed by atoms with Gasteiger partial charge in [-0.25, -0.2) is 0 Å². The zero-order valence-corrected chi connectivity index (χ0v) is 9.03. The van der Waals surface area contributed by atoms with Gasteiger partial charge in [0.05, 0.1) is 17.5 Å². The van der Waals surface area contributed by atoms with Crippen molar-refractivity contribution in [1.29, 1.82) is 0 Å². The second-order valence-electron chi connectivity index (χ2n) is 4.40. The number of aliphatic hydroxyl groups excluding tert-OH is 1. The summed E-state index contributed by atoms with van der Waals surface area (Å²) in [6.45, 7) is 1.79. The predicted octanol–water partition coefficient (Wildman–Crippen LogP) is 0.655. The van der Waals surface area contributed by atoms with Crippen LogP contribution in [-0.4, -0.2) is 31.0 Å². The maximum absolute atomic E-state index is 11.6. The summed E-state index contributed by atoms with van der Waals surface area (Å²) in [5.41, 5.74) is 0. The van der Waals surface area contributed by atoms with Gasteiger partial charge in [-0.1, -0.05) is 0 Å². The fourth-order valence-electron chi connectivity index (χ4n) is 2.56. The number of aliphatic hydroxyl groups is 1. The molecular formula is C9H16O4S. The van der Waals surface area contributed by atoms with Crippen molar-refractivity contribution in [2.45, 2.75) is 50.1 Å². The molecule has 0 aromatic heterocycles. The van der Waals surface area contributed by atoms with Crippen molar-refractivity contribution in [2.75, 3.05) is 0 Å². The van der Waals surface area contributed by atoms with Gasteiger partial charge in [0, 0.05) is 0 Å². The zero-order valence-electron chi connectivity index (χ0n) is 8.22. The average molecular weight is 220 g/mol. The van der Waals surface area contributed by atoms with Crippen molar-refractivity contribution in [3.05, 3.63) is 0 Å². The first kappa shape index (κ1) is 10.4. The molecule has 0 amide bonds. The molecule has 82 valence electrons. The Morgan fingerprint density at radius 3 is 2.71 bits per heavy atom. The summed E-state index contributed by atoms with van der Waals surface area (Å²) < 4.78 is 28.2. The molecule has 1 saturated heterocycles. The van der Waals surface area contributed by atoms with Gasteiger partial charge in [-0.15, -0.1) is 0 Å². The van der Waals surface area contributed by atoms with E-state index in [0.29, 0.717) is 6.42 Å². The van der Waals surface area contributed by atoms with E-state index in [0.717, 1.165) is 19.3 Å². The number of fused-ring (bicyclic) bond motifs is 1. The van der Waals surface area contributed by atoms with E-state index >= 15 is 0 Å². The highest BCUT2D eigenvalue weighted by molar-refractivity contribution is 7.87. The van der Waals surface area contributed by atoms with Crippen molar-refractivity contribution in [3.8, 4) is 0 Å². The van der Waals surface area contributed by atoms with Crippen LogP contribution in [0.25, 0.3) is 0 Å². The average Bonchev–Trinajstić information content (AvgIpc) is 2.05. The van der Waals surface area contributed by atoms with Crippen LogP contribution in [0, 0.1) is 5.92 Å². The summed E-state index contributed by atoms with van der Waals surface area (Å²) in [5.74, 6) is 0.187. The van der Waals surface area contributed by atoms with Gasteiger partial charge in [-0.05, 0) is 38.5 Å². The van der Waals surface area contributed by atoms with Crippen LogP contribution in [0.1, 0.15) is 32.6 Å². The van der Waals surface area contributed by atoms with E-state index in [2.05, 4.69) is 0 Å². The van der Waals surface area contributed by atoms with Gasteiger partial charge < -0.3 is 5.11 Å². The number of hydrogen-bond acceptors (Lipinski definition) is 4. The Morgan fingerprint density at radius 1 is 1.29 bits per heavy atom. The molecule has 0 radical (unpaired) electrons. The van der Waals surface area contributed by atoms with E-state index < -0.39 is 21.5 Å². The third kappa shape index (κ3) is 1.81. The Kier molecular flexibility index (Phi) is 2.57. The lowest BCUT2D eigenvalue weighted by Crippen LogP contribution is -2.45. The molecule has 0 aromatic rings. The quantitative estimate of drug-likeness (QED) is 0.609. The second kappa shape index (κ2) is 3.47. The topological polar surface area (TPSA) is 63.6 Å². The molecule has 1 N–H and O–H groups in total.